The summed E-state index contributed by atoms with van der Waals surface area (Å²) in [6, 6.07) is 24.4. The molecular formula is C22H23NO2. The fraction of sp³-hybridized carbons (Fsp3) is 0.227. The quantitative estimate of drug-likeness (QED) is 0.622. The first-order valence-corrected chi connectivity index (χ1v) is 8.73. The SMILES string of the molecule is O=C(COc1ccc2ccccc2c1)NCCCCc1ccccc1. The second kappa shape index (κ2) is 8.88. The van der Waals surface area contributed by atoms with Gasteiger partial charge in [-0.1, -0.05) is 60.7 Å². The Labute approximate surface area is 148 Å². The fourth-order valence-electron chi connectivity index (χ4n) is 2.78. The molecule has 0 heterocycles. The molecule has 0 fully saturated rings. The van der Waals surface area contributed by atoms with E-state index in [4.69, 9.17) is 4.74 Å². The number of hydrogen-bond acceptors (Lipinski definition) is 2. The Hall–Kier alpha value is -2.81. The summed E-state index contributed by atoms with van der Waals surface area (Å²) in [4.78, 5) is 11.9. The number of ether oxygens (including phenoxy) is 1. The van der Waals surface area contributed by atoms with Gasteiger partial charge in [-0.05, 0) is 47.7 Å². The van der Waals surface area contributed by atoms with Crippen LogP contribution in [-0.2, 0) is 11.2 Å². The Bertz CT molecular complexity index is 814. The molecular weight excluding hydrogens is 310 g/mol. The van der Waals surface area contributed by atoms with Crippen LogP contribution in [0.2, 0.25) is 0 Å². The normalized spacial score (nSPS) is 10.6. The van der Waals surface area contributed by atoms with Crippen LogP contribution in [0.1, 0.15) is 18.4 Å². The van der Waals surface area contributed by atoms with Gasteiger partial charge in [-0.15, -0.1) is 0 Å². The average Bonchev–Trinajstić information content (AvgIpc) is 2.67. The van der Waals surface area contributed by atoms with Crippen molar-refractivity contribution < 1.29 is 9.53 Å². The van der Waals surface area contributed by atoms with E-state index in [9.17, 15) is 4.79 Å². The van der Waals surface area contributed by atoms with Crippen LogP contribution in [-0.4, -0.2) is 19.1 Å². The first-order valence-electron chi connectivity index (χ1n) is 8.73. The molecule has 3 aromatic rings. The number of fused-ring (bicyclic) bond motifs is 1. The molecule has 0 aliphatic rings. The highest BCUT2D eigenvalue weighted by molar-refractivity contribution is 5.84. The zero-order valence-electron chi connectivity index (χ0n) is 14.3. The highest BCUT2D eigenvalue weighted by atomic mass is 16.5. The maximum atomic E-state index is 11.9. The Kier molecular flexibility index (Phi) is 6.05. The van der Waals surface area contributed by atoms with Gasteiger partial charge in [0, 0.05) is 6.54 Å². The lowest BCUT2D eigenvalue weighted by molar-refractivity contribution is -0.123. The molecule has 1 amide bonds. The van der Waals surface area contributed by atoms with Crippen molar-refractivity contribution in [1.82, 2.24) is 5.32 Å². The smallest absolute Gasteiger partial charge is 0.257 e. The van der Waals surface area contributed by atoms with Crippen LogP contribution in [0.4, 0.5) is 0 Å². The van der Waals surface area contributed by atoms with Crippen molar-refractivity contribution in [3.05, 3.63) is 78.4 Å². The van der Waals surface area contributed by atoms with Gasteiger partial charge in [-0.2, -0.15) is 0 Å². The van der Waals surface area contributed by atoms with Gasteiger partial charge in [0.25, 0.3) is 5.91 Å². The molecule has 0 atom stereocenters. The minimum Gasteiger partial charge on any atom is -0.484 e. The summed E-state index contributed by atoms with van der Waals surface area (Å²) in [6.07, 6.45) is 3.08. The number of unbranched alkanes of at least 4 members (excludes halogenated alkanes) is 1. The predicted molar refractivity (Wildman–Crippen MR) is 102 cm³/mol. The lowest BCUT2D eigenvalue weighted by atomic mass is 10.1. The molecule has 3 aromatic carbocycles. The summed E-state index contributed by atoms with van der Waals surface area (Å²) >= 11 is 0. The van der Waals surface area contributed by atoms with Crippen molar-refractivity contribution in [3.8, 4) is 5.75 Å². The molecule has 3 rings (SSSR count). The molecule has 0 aromatic heterocycles. The summed E-state index contributed by atoms with van der Waals surface area (Å²) < 4.78 is 5.59. The topological polar surface area (TPSA) is 38.3 Å². The van der Waals surface area contributed by atoms with E-state index in [1.165, 1.54) is 5.56 Å². The number of nitrogens with one attached hydrogen (secondary N) is 1. The van der Waals surface area contributed by atoms with Crippen LogP contribution in [0.15, 0.2) is 72.8 Å². The van der Waals surface area contributed by atoms with E-state index in [1.54, 1.807) is 0 Å². The van der Waals surface area contributed by atoms with Gasteiger partial charge in [0.15, 0.2) is 6.61 Å². The van der Waals surface area contributed by atoms with Crippen LogP contribution in [0.3, 0.4) is 0 Å². The zero-order valence-corrected chi connectivity index (χ0v) is 14.3. The second-order valence-electron chi connectivity index (χ2n) is 6.09. The van der Waals surface area contributed by atoms with Gasteiger partial charge in [0.2, 0.25) is 0 Å². The Morgan fingerprint density at radius 3 is 2.44 bits per heavy atom. The number of benzene rings is 3. The zero-order chi connectivity index (χ0) is 17.3. The number of aryl methyl sites for hydroxylation is 1. The number of carbonyl (C=O) groups is 1. The third-order valence-corrected chi connectivity index (χ3v) is 4.15. The van der Waals surface area contributed by atoms with E-state index in [0.29, 0.717) is 6.54 Å². The molecule has 0 bridgehead atoms. The standard InChI is InChI=1S/C22H23NO2/c24-22(23-15-7-6-10-18-8-2-1-3-9-18)17-25-21-14-13-19-11-4-5-12-20(19)16-21/h1-5,8-9,11-14,16H,6-7,10,15,17H2,(H,23,24). The Morgan fingerprint density at radius 1 is 0.840 bits per heavy atom. The van der Waals surface area contributed by atoms with Crippen molar-refractivity contribution in [2.75, 3.05) is 13.2 Å². The van der Waals surface area contributed by atoms with E-state index in [1.807, 2.05) is 42.5 Å². The van der Waals surface area contributed by atoms with Crippen molar-refractivity contribution in [1.29, 1.82) is 0 Å². The minimum absolute atomic E-state index is 0.0526. The number of amides is 1. The molecule has 0 unspecified atom stereocenters. The first kappa shape index (κ1) is 17.0. The first-order chi connectivity index (χ1) is 12.3. The molecule has 3 heteroatoms. The number of carbonyl (C=O) groups excluding carboxylic acids is 1. The van der Waals surface area contributed by atoms with E-state index >= 15 is 0 Å². The van der Waals surface area contributed by atoms with E-state index in [-0.39, 0.29) is 12.5 Å². The molecule has 0 aliphatic carbocycles. The summed E-state index contributed by atoms with van der Waals surface area (Å²) in [5.74, 6) is 0.644. The van der Waals surface area contributed by atoms with Gasteiger partial charge in [0.1, 0.15) is 5.75 Å². The third-order valence-electron chi connectivity index (χ3n) is 4.15. The molecule has 0 saturated heterocycles. The maximum absolute atomic E-state index is 11.9. The maximum Gasteiger partial charge on any atom is 0.257 e. The molecule has 25 heavy (non-hydrogen) atoms. The van der Waals surface area contributed by atoms with Gasteiger partial charge in [-0.25, -0.2) is 0 Å². The molecule has 3 nitrogen and oxygen atoms in total. The number of hydrogen-bond donors (Lipinski definition) is 1. The predicted octanol–water partition coefficient (Wildman–Crippen LogP) is 4.36. The highest BCUT2D eigenvalue weighted by Crippen LogP contribution is 2.20. The van der Waals surface area contributed by atoms with E-state index in [0.717, 1.165) is 35.8 Å². The second-order valence-corrected chi connectivity index (χ2v) is 6.09. The largest absolute Gasteiger partial charge is 0.484 e. The number of rotatable bonds is 8. The van der Waals surface area contributed by atoms with Crippen LogP contribution in [0.5, 0.6) is 5.75 Å². The van der Waals surface area contributed by atoms with Gasteiger partial charge < -0.3 is 10.1 Å². The Morgan fingerprint density at radius 2 is 1.60 bits per heavy atom. The fourth-order valence-corrected chi connectivity index (χ4v) is 2.78. The average molecular weight is 333 g/mol. The molecule has 0 spiro atoms. The van der Waals surface area contributed by atoms with Crippen molar-refractivity contribution in [2.24, 2.45) is 0 Å². The summed E-state index contributed by atoms with van der Waals surface area (Å²) in [6.45, 7) is 0.740. The third kappa shape index (κ3) is 5.35. The van der Waals surface area contributed by atoms with E-state index in [2.05, 4.69) is 35.6 Å². The van der Waals surface area contributed by atoms with Crippen molar-refractivity contribution in [2.45, 2.75) is 19.3 Å². The molecule has 1 N–H and O–H groups in total. The van der Waals surface area contributed by atoms with Crippen LogP contribution >= 0.6 is 0 Å². The Balaban J connectivity index is 1.34. The molecule has 0 saturated carbocycles. The minimum atomic E-state index is -0.0760. The van der Waals surface area contributed by atoms with Crippen LogP contribution in [0, 0.1) is 0 Å². The van der Waals surface area contributed by atoms with Gasteiger partial charge >= 0.3 is 0 Å². The lowest BCUT2D eigenvalue weighted by Crippen LogP contribution is -2.29. The molecule has 0 aliphatic heterocycles. The van der Waals surface area contributed by atoms with Crippen LogP contribution in [0.25, 0.3) is 10.8 Å². The van der Waals surface area contributed by atoms with Crippen molar-refractivity contribution in [3.63, 3.8) is 0 Å². The summed E-state index contributed by atoms with van der Waals surface area (Å²) in [5, 5.41) is 5.19. The molecule has 0 radical (unpaired) electrons. The summed E-state index contributed by atoms with van der Waals surface area (Å²) in [7, 11) is 0. The van der Waals surface area contributed by atoms with Crippen molar-refractivity contribution >= 4 is 16.7 Å². The summed E-state index contributed by atoms with van der Waals surface area (Å²) in [5.41, 5.74) is 1.34. The van der Waals surface area contributed by atoms with Gasteiger partial charge in [-0.3, -0.25) is 4.79 Å². The molecule has 128 valence electrons. The lowest BCUT2D eigenvalue weighted by Gasteiger charge is -2.08. The monoisotopic (exact) mass is 333 g/mol. The van der Waals surface area contributed by atoms with E-state index < -0.39 is 0 Å². The van der Waals surface area contributed by atoms with Gasteiger partial charge in [0.05, 0.1) is 0 Å². The van der Waals surface area contributed by atoms with Crippen LogP contribution < -0.4 is 10.1 Å². The highest BCUT2D eigenvalue weighted by Gasteiger charge is 2.03.